The lowest BCUT2D eigenvalue weighted by molar-refractivity contribution is 0.0734. The van der Waals surface area contributed by atoms with E-state index in [2.05, 4.69) is 4.72 Å². The van der Waals surface area contributed by atoms with E-state index in [1.807, 2.05) is 24.3 Å². The van der Waals surface area contributed by atoms with Gasteiger partial charge in [0.1, 0.15) is 4.90 Å². The lowest BCUT2D eigenvalue weighted by atomic mass is 9.98. The molecular formula is C22H18Cl2N2O3S. The normalized spacial score (nSPS) is 13.6. The number of sulfonamides is 1. The number of rotatable bonds is 4. The zero-order chi connectivity index (χ0) is 21.3. The van der Waals surface area contributed by atoms with Crippen LogP contribution in [0.4, 0.5) is 5.69 Å². The third kappa shape index (κ3) is 4.31. The Morgan fingerprint density at radius 2 is 1.70 bits per heavy atom. The molecule has 1 aliphatic heterocycles. The van der Waals surface area contributed by atoms with Crippen molar-refractivity contribution in [2.24, 2.45) is 0 Å². The number of nitrogens with one attached hydrogen (secondary N) is 1. The van der Waals surface area contributed by atoms with Gasteiger partial charge >= 0.3 is 0 Å². The van der Waals surface area contributed by atoms with E-state index >= 15 is 0 Å². The molecule has 4 rings (SSSR count). The summed E-state index contributed by atoms with van der Waals surface area (Å²) in [5.41, 5.74) is 3.03. The van der Waals surface area contributed by atoms with E-state index < -0.39 is 10.0 Å². The molecule has 0 saturated carbocycles. The molecule has 0 unspecified atom stereocenters. The molecule has 3 aromatic rings. The largest absolute Gasteiger partial charge is 0.334 e. The molecule has 1 amide bonds. The van der Waals surface area contributed by atoms with E-state index in [9.17, 15) is 13.2 Å². The van der Waals surface area contributed by atoms with Crippen molar-refractivity contribution in [2.75, 3.05) is 11.3 Å². The van der Waals surface area contributed by atoms with Crippen molar-refractivity contribution in [3.8, 4) is 0 Å². The summed E-state index contributed by atoms with van der Waals surface area (Å²) >= 11 is 12.0. The molecule has 3 aromatic carbocycles. The molecule has 0 atom stereocenters. The monoisotopic (exact) mass is 460 g/mol. The summed E-state index contributed by atoms with van der Waals surface area (Å²) in [5, 5.41) is 0.366. The van der Waals surface area contributed by atoms with Gasteiger partial charge in [-0.25, -0.2) is 8.42 Å². The first-order chi connectivity index (χ1) is 14.3. The highest BCUT2D eigenvalue weighted by atomic mass is 35.5. The summed E-state index contributed by atoms with van der Waals surface area (Å²) in [7, 11) is -3.91. The summed E-state index contributed by atoms with van der Waals surface area (Å²) in [5.74, 6) is -0.0436. The third-order valence-electron chi connectivity index (χ3n) is 4.96. The maximum atomic E-state index is 12.8. The van der Waals surface area contributed by atoms with Crippen molar-refractivity contribution in [3.63, 3.8) is 0 Å². The fourth-order valence-corrected chi connectivity index (χ4v) is 5.26. The number of hydrogen-bond donors (Lipinski definition) is 1. The first kappa shape index (κ1) is 20.7. The second kappa shape index (κ2) is 8.30. The Morgan fingerprint density at radius 3 is 2.47 bits per heavy atom. The van der Waals surface area contributed by atoms with Crippen molar-refractivity contribution in [1.82, 2.24) is 4.90 Å². The minimum Gasteiger partial charge on any atom is -0.334 e. The van der Waals surface area contributed by atoms with E-state index in [0.29, 0.717) is 30.8 Å². The van der Waals surface area contributed by atoms with Gasteiger partial charge in [0.2, 0.25) is 0 Å². The minimum atomic E-state index is -3.91. The average Bonchev–Trinajstić information content (AvgIpc) is 2.74. The first-order valence-electron chi connectivity index (χ1n) is 9.27. The lowest BCUT2D eigenvalue weighted by Crippen LogP contribution is -2.36. The first-order valence-corrected chi connectivity index (χ1v) is 11.5. The average molecular weight is 461 g/mol. The topological polar surface area (TPSA) is 66.5 Å². The number of amides is 1. The SMILES string of the molecule is O=C(c1ccccc1)N1CCc2ccc(NS(=O)(=O)c3cc(Cl)ccc3Cl)cc2C1. The van der Waals surface area contributed by atoms with Crippen LogP contribution in [0.3, 0.4) is 0 Å². The van der Waals surface area contributed by atoms with Gasteiger partial charge in [-0.15, -0.1) is 0 Å². The molecule has 1 heterocycles. The van der Waals surface area contributed by atoms with Crippen LogP contribution in [0.25, 0.3) is 0 Å². The number of fused-ring (bicyclic) bond motifs is 1. The van der Waals surface area contributed by atoms with Gasteiger partial charge in [-0.2, -0.15) is 0 Å². The van der Waals surface area contributed by atoms with Crippen LogP contribution in [0.2, 0.25) is 10.0 Å². The van der Waals surface area contributed by atoms with Crippen molar-refractivity contribution in [3.05, 3.63) is 93.5 Å². The zero-order valence-corrected chi connectivity index (χ0v) is 18.1. The maximum Gasteiger partial charge on any atom is 0.263 e. The van der Waals surface area contributed by atoms with E-state index in [1.54, 1.807) is 29.2 Å². The number of carbonyl (C=O) groups is 1. The van der Waals surface area contributed by atoms with Crippen LogP contribution in [-0.2, 0) is 23.0 Å². The summed E-state index contributed by atoms with van der Waals surface area (Å²) in [6, 6.07) is 18.7. The fourth-order valence-electron chi connectivity index (χ4n) is 3.45. The fraction of sp³-hybridized carbons (Fsp3) is 0.136. The van der Waals surface area contributed by atoms with Crippen LogP contribution in [-0.4, -0.2) is 25.8 Å². The highest BCUT2D eigenvalue weighted by Crippen LogP contribution is 2.29. The second-order valence-electron chi connectivity index (χ2n) is 7.01. The van der Waals surface area contributed by atoms with Crippen LogP contribution in [0.5, 0.6) is 0 Å². The number of halogens is 2. The molecule has 0 radical (unpaired) electrons. The Balaban J connectivity index is 1.57. The van der Waals surface area contributed by atoms with Gasteiger partial charge in [-0.1, -0.05) is 47.5 Å². The smallest absolute Gasteiger partial charge is 0.263 e. The van der Waals surface area contributed by atoms with Gasteiger partial charge in [0, 0.05) is 29.4 Å². The minimum absolute atomic E-state index is 0.0436. The van der Waals surface area contributed by atoms with Crippen molar-refractivity contribution in [1.29, 1.82) is 0 Å². The van der Waals surface area contributed by atoms with Gasteiger partial charge in [0.25, 0.3) is 15.9 Å². The Hall–Kier alpha value is -2.54. The Bertz CT molecular complexity index is 1210. The number of nitrogens with zero attached hydrogens (tertiary/aromatic N) is 1. The Labute approximate surface area is 185 Å². The predicted octanol–water partition coefficient (Wildman–Crippen LogP) is 4.99. The molecule has 30 heavy (non-hydrogen) atoms. The molecular weight excluding hydrogens is 443 g/mol. The number of carbonyl (C=O) groups excluding carboxylic acids is 1. The highest BCUT2D eigenvalue weighted by molar-refractivity contribution is 7.92. The van der Waals surface area contributed by atoms with Gasteiger partial charge in [-0.05, 0) is 60.0 Å². The Kier molecular flexibility index (Phi) is 5.73. The van der Waals surface area contributed by atoms with Gasteiger partial charge < -0.3 is 4.90 Å². The van der Waals surface area contributed by atoms with Crippen LogP contribution >= 0.6 is 23.2 Å². The molecule has 1 aliphatic rings. The zero-order valence-electron chi connectivity index (χ0n) is 15.8. The van der Waals surface area contributed by atoms with Gasteiger partial charge in [-0.3, -0.25) is 9.52 Å². The summed E-state index contributed by atoms with van der Waals surface area (Å²) in [6.07, 6.45) is 0.709. The van der Waals surface area contributed by atoms with Crippen molar-refractivity contribution >= 4 is 44.8 Å². The molecule has 154 valence electrons. The quantitative estimate of drug-likeness (QED) is 0.595. The number of anilines is 1. The maximum absolute atomic E-state index is 12.8. The van der Waals surface area contributed by atoms with Gasteiger partial charge in [0.05, 0.1) is 5.02 Å². The van der Waals surface area contributed by atoms with Crippen molar-refractivity contribution in [2.45, 2.75) is 17.9 Å². The van der Waals surface area contributed by atoms with Gasteiger partial charge in [0.15, 0.2) is 0 Å². The molecule has 0 aromatic heterocycles. The lowest BCUT2D eigenvalue weighted by Gasteiger charge is -2.29. The molecule has 0 saturated heterocycles. The molecule has 0 fully saturated rings. The molecule has 5 nitrogen and oxygen atoms in total. The Morgan fingerprint density at radius 1 is 0.933 bits per heavy atom. The van der Waals surface area contributed by atoms with Crippen LogP contribution in [0.1, 0.15) is 21.5 Å². The second-order valence-corrected chi connectivity index (χ2v) is 9.50. The molecule has 0 aliphatic carbocycles. The van der Waals surface area contributed by atoms with E-state index in [1.165, 1.54) is 18.2 Å². The molecule has 0 bridgehead atoms. The third-order valence-corrected chi connectivity index (χ3v) is 7.06. The van der Waals surface area contributed by atoms with Crippen LogP contribution < -0.4 is 4.72 Å². The standard InChI is InChI=1S/C22H18Cl2N2O3S/c23-18-7-9-20(24)21(13-18)30(28,29)25-19-8-6-15-10-11-26(14-17(15)12-19)22(27)16-4-2-1-3-5-16/h1-9,12-13,25H,10-11,14H2. The molecule has 1 N–H and O–H groups in total. The van der Waals surface area contributed by atoms with E-state index in [4.69, 9.17) is 23.2 Å². The predicted molar refractivity (Wildman–Crippen MR) is 119 cm³/mol. The summed E-state index contributed by atoms with van der Waals surface area (Å²) in [6.45, 7) is 1.03. The molecule has 8 heteroatoms. The van der Waals surface area contributed by atoms with Crippen molar-refractivity contribution < 1.29 is 13.2 Å². The molecule has 0 spiro atoms. The summed E-state index contributed by atoms with van der Waals surface area (Å²) in [4.78, 5) is 14.4. The number of benzene rings is 3. The highest BCUT2D eigenvalue weighted by Gasteiger charge is 2.23. The summed E-state index contributed by atoms with van der Waals surface area (Å²) < 4.78 is 28.1. The van der Waals surface area contributed by atoms with E-state index in [-0.39, 0.29) is 20.8 Å². The van der Waals surface area contributed by atoms with E-state index in [0.717, 1.165) is 11.1 Å². The van der Waals surface area contributed by atoms with Crippen LogP contribution in [0.15, 0.2) is 71.6 Å². The van der Waals surface area contributed by atoms with Crippen LogP contribution in [0, 0.1) is 0 Å². The number of hydrogen-bond acceptors (Lipinski definition) is 3.